The van der Waals surface area contributed by atoms with Crippen molar-refractivity contribution in [2.24, 2.45) is 0 Å². The summed E-state index contributed by atoms with van der Waals surface area (Å²) in [4.78, 5) is 14.9. The third-order valence-electron chi connectivity index (χ3n) is 2.19. The SMILES string of the molecule is C=CCC(NC(C)=O)c1cc(F)cnc1OC. The third-order valence-corrected chi connectivity index (χ3v) is 2.19. The molecule has 0 fully saturated rings. The fourth-order valence-corrected chi connectivity index (χ4v) is 1.54. The number of rotatable bonds is 5. The fourth-order valence-electron chi connectivity index (χ4n) is 1.54. The zero-order chi connectivity index (χ0) is 12.8. The quantitative estimate of drug-likeness (QED) is 0.798. The molecule has 0 bridgehead atoms. The van der Waals surface area contributed by atoms with Gasteiger partial charge in [0.15, 0.2) is 0 Å². The second-order valence-electron chi connectivity index (χ2n) is 3.53. The van der Waals surface area contributed by atoms with Crippen molar-refractivity contribution in [2.45, 2.75) is 19.4 Å². The van der Waals surface area contributed by atoms with Crippen LogP contribution in [-0.2, 0) is 4.79 Å². The molecule has 4 nitrogen and oxygen atoms in total. The van der Waals surface area contributed by atoms with Crippen molar-refractivity contribution < 1.29 is 13.9 Å². The lowest BCUT2D eigenvalue weighted by Gasteiger charge is -2.18. The molecular weight excluding hydrogens is 223 g/mol. The first-order valence-corrected chi connectivity index (χ1v) is 5.16. The van der Waals surface area contributed by atoms with Gasteiger partial charge in [-0.15, -0.1) is 6.58 Å². The van der Waals surface area contributed by atoms with Crippen LogP contribution in [0.3, 0.4) is 0 Å². The van der Waals surface area contributed by atoms with E-state index >= 15 is 0 Å². The molecule has 0 saturated heterocycles. The molecule has 1 rings (SSSR count). The minimum atomic E-state index is -0.472. The molecule has 1 amide bonds. The van der Waals surface area contributed by atoms with E-state index in [1.54, 1.807) is 6.08 Å². The highest BCUT2D eigenvalue weighted by Crippen LogP contribution is 2.26. The van der Waals surface area contributed by atoms with E-state index in [1.165, 1.54) is 20.1 Å². The van der Waals surface area contributed by atoms with Gasteiger partial charge in [0.1, 0.15) is 5.82 Å². The van der Waals surface area contributed by atoms with Crippen molar-refractivity contribution in [3.8, 4) is 5.88 Å². The summed E-state index contributed by atoms with van der Waals surface area (Å²) in [6.45, 7) is 5.00. The van der Waals surface area contributed by atoms with Gasteiger partial charge in [0.2, 0.25) is 11.8 Å². The molecule has 0 aromatic carbocycles. The number of pyridine rings is 1. The van der Waals surface area contributed by atoms with Crippen molar-refractivity contribution >= 4 is 5.91 Å². The van der Waals surface area contributed by atoms with Gasteiger partial charge in [-0.2, -0.15) is 0 Å². The van der Waals surface area contributed by atoms with E-state index < -0.39 is 5.82 Å². The van der Waals surface area contributed by atoms with E-state index in [0.717, 1.165) is 6.20 Å². The Balaban J connectivity index is 3.10. The minimum Gasteiger partial charge on any atom is -0.481 e. The highest BCUT2D eigenvalue weighted by molar-refractivity contribution is 5.73. The van der Waals surface area contributed by atoms with Gasteiger partial charge in [0.25, 0.3) is 0 Å². The van der Waals surface area contributed by atoms with Crippen LogP contribution in [0.5, 0.6) is 5.88 Å². The molecule has 0 saturated carbocycles. The Labute approximate surface area is 99.5 Å². The maximum atomic E-state index is 13.2. The van der Waals surface area contributed by atoms with Crippen LogP contribution in [0.2, 0.25) is 0 Å². The van der Waals surface area contributed by atoms with E-state index in [2.05, 4.69) is 16.9 Å². The van der Waals surface area contributed by atoms with Crippen LogP contribution in [0.15, 0.2) is 24.9 Å². The number of nitrogens with one attached hydrogen (secondary N) is 1. The summed E-state index contributed by atoms with van der Waals surface area (Å²) in [5.41, 5.74) is 0.502. The molecule has 0 aliphatic rings. The van der Waals surface area contributed by atoms with Gasteiger partial charge >= 0.3 is 0 Å². The number of methoxy groups -OCH3 is 1. The van der Waals surface area contributed by atoms with Crippen LogP contribution in [0.1, 0.15) is 24.9 Å². The Morgan fingerprint density at radius 3 is 3.00 bits per heavy atom. The van der Waals surface area contributed by atoms with Crippen LogP contribution in [0, 0.1) is 5.82 Å². The summed E-state index contributed by atoms with van der Waals surface area (Å²) in [5, 5.41) is 2.70. The standard InChI is InChI=1S/C12H15FN2O2/c1-4-5-11(15-8(2)16)10-6-9(13)7-14-12(10)17-3/h4,6-7,11H,1,5H2,2-3H3,(H,15,16). The van der Waals surface area contributed by atoms with Crippen molar-refractivity contribution in [3.63, 3.8) is 0 Å². The summed E-state index contributed by atoms with van der Waals surface area (Å²) >= 11 is 0. The van der Waals surface area contributed by atoms with E-state index in [-0.39, 0.29) is 11.9 Å². The normalized spacial score (nSPS) is 11.7. The molecule has 1 aromatic rings. The van der Waals surface area contributed by atoms with Crippen LogP contribution >= 0.6 is 0 Å². The fraction of sp³-hybridized carbons (Fsp3) is 0.333. The number of aromatic nitrogens is 1. The van der Waals surface area contributed by atoms with Crippen LogP contribution in [0.4, 0.5) is 4.39 Å². The van der Waals surface area contributed by atoms with Gasteiger partial charge in [-0.25, -0.2) is 9.37 Å². The van der Waals surface area contributed by atoms with Gasteiger partial charge in [-0.05, 0) is 12.5 Å². The zero-order valence-corrected chi connectivity index (χ0v) is 9.87. The summed E-state index contributed by atoms with van der Waals surface area (Å²) in [7, 11) is 1.45. The number of amides is 1. The first kappa shape index (κ1) is 13.2. The molecule has 0 aliphatic carbocycles. The molecule has 1 N–H and O–H groups in total. The second kappa shape index (κ2) is 5.98. The van der Waals surface area contributed by atoms with Gasteiger partial charge in [0, 0.05) is 12.5 Å². The van der Waals surface area contributed by atoms with Gasteiger partial charge in [-0.3, -0.25) is 4.79 Å². The van der Waals surface area contributed by atoms with Gasteiger partial charge in [-0.1, -0.05) is 6.08 Å². The number of nitrogens with zero attached hydrogens (tertiary/aromatic N) is 1. The van der Waals surface area contributed by atoms with Crippen molar-refractivity contribution in [3.05, 3.63) is 36.3 Å². The first-order valence-electron chi connectivity index (χ1n) is 5.16. The Hall–Kier alpha value is -1.91. The monoisotopic (exact) mass is 238 g/mol. The number of carbonyl (C=O) groups excluding carboxylic acids is 1. The maximum Gasteiger partial charge on any atom is 0.218 e. The number of ether oxygens (including phenoxy) is 1. The topological polar surface area (TPSA) is 51.2 Å². The lowest BCUT2D eigenvalue weighted by Crippen LogP contribution is -2.26. The molecule has 0 aliphatic heterocycles. The number of halogens is 1. The largest absolute Gasteiger partial charge is 0.481 e. The van der Waals surface area contributed by atoms with Crippen molar-refractivity contribution in [1.29, 1.82) is 0 Å². The van der Waals surface area contributed by atoms with Crippen molar-refractivity contribution in [2.75, 3.05) is 7.11 Å². The summed E-state index contributed by atoms with van der Waals surface area (Å²) in [6.07, 6.45) is 3.19. The average Bonchev–Trinajstić information content (AvgIpc) is 2.28. The first-order chi connectivity index (χ1) is 8.08. The predicted octanol–water partition coefficient (Wildman–Crippen LogP) is 1.98. The number of hydrogen-bond acceptors (Lipinski definition) is 3. The lowest BCUT2D eigenvalue weighted by molar-refractivity contribution is -0.119. The highest BCUT2D eigenvalue weighted by Gasteiger charge is 2.17. The smallest absolute Gasteiger partial charge is 0.218 e. The molecule has 0 spiro atoms. The van der Waals surface area contributed by atoms with E-state index in [0.29, 0.717) is 17.9 Å². The van der Waals surface area contributed by atoms with Crippen LogP contribution in [-0.4, -0.2) is 18.0 Å². The third kappa shape index (κ3) is 3.55. The van der Waals surface area contributed by atoms with Crippen LogP contribution < -0.4 is 10.1 Å². The summed E-state index contributed by atoms with van der Waals surface area (Å²) < 4.78 is 18.2. The maximum absolute atomic E-state index is 13.2. The van der Waals surface area contributed by atoms with E-state index in [9.17, 15) is 9.18 Å². The van der Waals surface area contributed by atoms with Crippen molar-refractivity contribution in [1.82, 2.24) is 10.3 Å². The van der Waals surface area contributed by atoms with Crippen LogP contribution in [0.25, 0.3) is 0 Å². The predicted molar refractivity (Wildman–Crippen MR) is 62.1 cm³/mol. The lowest BCUT2D eigenvalue weighted by atomic mass is 10.0. The molecule has 5 heteroatoms. The highest BCUT2D eigenvalue weighted by atomic mass is 19.1. The molecule has 0 radical (unpaired) electrons. The van der Waals surface area contributed by atoms with E-state index in [4.69, 9.17) is 4.74 Å². The Morgan fingerprint density at radius 2 is 2.47 bits per heavy atom. The number of hydrogen-bond donors (Lipinski definition) is 1. The summed E-state index contributed by atoms with van der Waals surface area (Å²) in [5.74, 6) is -0.379. The minimum absolute atomic E-state index is 0.205. The molecule has 17 heavy (non-hydrogen) atoms. The zero-order valence-electron chi connectivity index (χ0n) is 9.87. The summed E-state index contributed by atoms with van der Waals surface area (Å²) in [6, 6.07) is 0.916. The van der Waals surface area contributed by atoms with E-state index in [1.807, 2.05) is 0 Å². The van der Waals surface area contributed by atoms with Gasteiger partial charge in [0.05, 0.1) is 19.3 Å². The molecule has 1 aromatic heterocycles. The molecular formula is C12H15FN2O2. The molecule has 1 heterocycles. The Morgan fingerprint density at radius 1 is 1.76 bits per heavy atom. The molecule has 1 unspecified atom stereocenters. The number of carbonyl (C=O) groups is 1. The Bertz CT molecular complexity index is 421. The molecule has 92 valence electrons. The van der Waals surface area contributed by atoms with Gasteiger partial charge < -0.3 is 10.1 Å². The molecule has 1 atom stereocenters. The average molecular weight is 238 g/mol. The second-order valence-corrected chi connectivity index (χ2v) is 3.53. The Kier molecular flexibility index (Phi) is 4.63.